The van der Waals surface area contributed by atoms with E-state index < -0.39 is 0 Å². The number of hydrogen-bond donors (Lipinski definition) is 0. The van der Waals surface area contributed by atoms with Crippen LogP contribution in [-0.2, 0) is 0 Å². The van der Waals surface area contributed by atoms with Crippen molar-refractivity contribution in [1.29, 1.82) is 0 Å². The first-order valence-corrected chi connectivity index (χ1v) is 7.70. The summed E-state index contributed by atoms with van der Waals surface area (Å²) < 4.78 is 0.470. The summed E-state index contributed by atoms with van der Waals surface area (Å²) in [4.78, 5) is 4.72. The number of rotatable bonds is 0. The van der Waals surface area contributed by atoms with Crippen LogP contribution in [0.1, 0.15) is 62.3 Å². The molecule has 0 saturated carbocycles. The van der Waals surface area contributed by atoms with Gasteiger partial charge >= 0.3 is 0 Å². The zero-order chi connectivity index (χ0) is 14.8. The Morgan fingerprint density at radius 1 is 0.722 bits per heavy atom. The molecule has 0 unspecified atom stereocenters. The van der Waals surface area contributed by atoms with Crippen LogP contribution in [0.25, 0.3) is 0 Å². The lowest BCUT2D eigenvalue weighted by Crippen LogP contribution is -2.44. The third-order valence-corrected chi connectivity index (χ3v) is 2.45. The highest BCUT2D eigenvalue weighted by molar-refractivity contribution is 14.1. The minimum atomic E-state index is 0.233. The van der Waals surface area contributed by atoms with E-state index in [9.17, 15) is 0 Å². The standard InChI is InChI=1S/C11H22N2.C4H9I/c1-10(2,3)12-7-8-13(9-12)11(4,5)6;1-4(2,3)5/h7-8H,9H2,1-6H3;1-3H3. The summed E-state index contributed by atoms with van der Waals surface area (Å²) in [7, 11) is 0. The molecule has 0 aromatic heterocycles. The van der Waals surface area contributed by atoms with E-state index in [2.05, 4.69) is 107 Å². The van der Waals surface area contributed by atoms with Gasteiger partial charge in [0.1, 0.15) is 0 Å². The minimum Gasteiger partial charge on any atom is -0.354 e. The molecule has 0 aromatic rings. The lowest BCUT2D eigenvalue weighted by molar-refractivity contribution is 0.110. The van der Waals surface area contributed by atoms with Crippen molar-refractivity contribution in [3.05, 3.63) is 12.4 Å². The Hall–Kier alpha value is 0.0700. The second-order valence-corrected chi connectivity index (χ2v) is 11.0. The maximum atomic E-state index is 2.38. The van der Waals surface area contributed by atoms with Crippen molar-refractivity contribution in [2.75, 3.05) is 6.67 Å². The normalized spacial score (nSPS) is 16.8. The van der Waals surface area contributed by atoms with Gasteiger partial charge in [0, 0.05) is 26.9 Å². The molecule has 18 heavy (non-hydrogen) atoms. The monoisotopic (exact) mass is 366 g/mol. The third-order valence-electron chi connectivity index (χ3n) is 2.45. The summed E-state index contributed by atoms with van der Waals surface area (Å²) in [6.45, 7) is 21.0. The molecule has 2 nitrogen and oxygen atoms in total. The molecular formula is C15H31IN2. The van der Waals surface area contributed by atoms with Gasteiger partial charge in [-0.25, -0.2) is 0 Å². The summed E-state index contributed by atoms with van der Waals surface area (Å²) in [6, 6.07) is 0. The van der Waals surface area contributed by atoms with Gasteiger partial charge in [0.2, 0.25) is 0 Å². The van der Waals surface area contributed by atoms with Gasteiger partial charge in [-0.1, -0.05) is 43.4 Å². The summed E-state index contributed by atoms with van der Waals surface area (Å²) >= 11 is 2.38. The Labute approximate surface area is 128 Å². The van der Waals surface area contributed by atoms with Crippen LogP contribution in [0.4, 0.5) is 0 Å². The minimum absolute atomic E-state index is 0.233. The van der Waals surface area contributed by atoms with Crippen LogP contribution in [0.2, 0.25) is 0 Å². The maximum Gasteiger partial charge on any atom is 0.0903 e. The number of halogens is 1. The first-order valence-electron chi connectivity index (χ1n) is 6.62. The first kappa shape index (κ1) is 18.1. The van der Waals surface area contributed by atoms with Crippen molar-refractivity contribution in [2.45, 2.75) is 76.8 Å². The second kappa shape index (κ2) is 6.02. The maximum absolute atomic E-state index is 2.38. The van der Waals surface area contributed by atoms with E-state index in [1.807, 2.05) is 0 Å². The van der Waals surface area contributed by atoms with Gasteiger partial charge in [-0.05, 0) is 41.5 Å². The van der Waals surface area contributed by atoms with Gasteiger partial charge in [0.25, 0.3) is 0 Å². The Bertz CT molecular complexity index is 248. The lowest BCUT2D eigenvalue weighted by Gasteiger charge is -2.38. The third kappa shape index (κ3) is 8.22. The smallest absolute Gasteiger partial charge is 0.0903 e. The highest BCUT2D eigenvalue weighted by Gasteiger charge is 2.28. The van der Waals surface area contributed by atoms with E-state index in [0.717, 1.165) is 6.67 Å². The molecule has 0 spiro atoms. The molecule has 0 aliphatic carbocycles. The van der Waals surface area contributed by atoms with E-state index in [1.165, 1.54) is 0 Å². The fourth-order valence-electron chi connectivity index (χ4n) is 1.29. The van der Waals surface area contributed by atoms with Crippen molar-refractivity contribution in [3.8, 4) is 0 Å². The second-order valence-electron chi connectivity index (χ2n) is 7.79. The SMILES string of the molecule is CC(C)(C)I.CC(C)(C)N1C=CN(C(C)(C)C)C1. The predicted molar refractivity (Wildman–Crippen MR) is 91.0 cm³/mol. The molecule has 0 amide bonds. The highest BCUT2D eigenvalue weighted by atomic mass is 127. The molecule has 0 saturated heterocycles. The van der Waals surface area contributed by atoms with Crippen molar-refractivity contribution in [1.82, 2.24) is 9.80 Å². The molecule has 0 fully saturated rings. The van der Waals surface area contributed by atoms with E-state index in [-0.39, 0.29) is 11.1 Å². The van der Waals surface area contributed by atoms with Crippen molar-refractivity contribution in [3.63, 3.8) is 0 Å². The molecule has 3 heteroatoms. The Morgan fingerprint density at radius 3 is 1.06 bits per heavy atom. The zero-order valence-electron chi connectivity index (χ0n) is 13.6. The lowest BCUT2D eigenvalue weighted by atomic mass is 10.1. The summed E-state index contributed by atoms with van der Waals surface area (Å²) in [5.74, 6) is 0. The van der Waals surface area contributed by atoms with Crippen LogP contribution in [0, 0.1) is 0 Å². The topological polar surface area (TPSA) is 6.48 Å². The average Bonchev–Trinajstić information content (AvgIpc) is 2.43. The molecule has 1 heterocycles. The predicted octanol–water partition coefficient (Wildman–Crippen LogP) is 4.85. The van der Waals surface area contributed by atoms with Gasteiger partial charge < -0.3 is 9.80 Å². The van der Waals surface area contributed by atoms with Crippen LogP contribution in [0.15, 0.2) is 12.4 Å². The summed E-state index contributed by atoms with van der Waals surface area (Å²) in [5, 5.41) is 0. The quantitative estimate of drug-likeness (QED) is 0.447. The Morgan fingerprint density at radius 2 is 0.944 bits per heavy atom. The molecule has 0 aromatic carbocycles. The molecule has 108 valence electrons. The van der Waals surface area contributed by atoms with Crippen LogP contribution in [-0.4, -0.2) is 31.0 Å². The highest BCUT2D eigenvalue weighted by Crippen LogP contribution is 2.24. The van der Waals surface area contributed by atoms with Gasteiger partial charge in [-0.2, -0.15) is 0 Å². The van der Waals surface area contributed by atoms with E-state index in [0.29, 0.717) is 3.42 Å². The fraction of sp³-hybridized carbons (Fsp3) is 0.867. The summed E-state index contributed by atoms with van der Waals surface area (Å²) in [5.41, 5.74) is 0.465. The summed E-state index contributed by atoms with van der Waals surface area (Å²) in [6.07, 6.45) is 4.37. The van der Waals surface area contributed by atoms with E-state index in [4.69, 9.17) is 0 Å². The van der Waals surface area contributed by atoms with Gasteiger partial charge in [-0.15, -0.1) is 0 Å². The van der Waals surface area contributed by atoms with Crippen LogP contribution >= 0.6 is 22.6 Å². The van der Waals surface area contributed by atoms with Crippen LogP contribution in [0.5, 0.6) is 0 Å². The van der Waals surface area contributed by atoms with E-state index in [1.54, 1.807) is 0 Å². The van der Waals surface area contributed by atoms with Gasteiger partial charge in [0.05, 0.1) is 6.67 Å². The first-order chi connectivity index (χ1) is 7.71. The molecule has 1 rings (SSSR count). The number of nitrogens with zero attached hydrogens (tertiary/aromatic N) is 2. The molecule has 1 aliphatic rings. The molecule has 1 aliphatic heterocycles. The van der Waals surface area contributed by atoms with Gasteiger partial charge in [-0.3, -0.25) is 0 Å². The Kier molecular flexibility index (Phi) is 6.04. The molecule has 0 N–H and O–H groups in total. The Balaban J connectivity index is 0.000000494. The zero-order valence-corrected chi connectivity index (χ0v) is 15.8. The van der Waals surface area contributed by atoms with Crippen molar-refractivity contribution in [2.24, 2.45) is 0 Å². The molecule has 0 atom stereocenters. The largest absolute Gasteiger partial charge is 0.354 e. The molecule has 0 bridgehead atoms. The van der Waals surface area contributed by atoms with E-state index >= 15 is 0 Å². The van der Waals surface area contributed by atoms with Gasteiger partial charge in [0.15, 0.2) is 0 Å². The van der Waals surface area contributed by atoms with Crippen LogP contribution in [0.3, 0.4) is 0 Å². The molecule has 0 radical (unpaired) electrons. The van der Waals surface area contributed by atoms with Crippen molar-refractivity contribution < 1.29 is 0 Å². The van der Waals surface area contributed by atoms with Crippen molar-refractivity contribution >= 4 is 22.6 Å². The number of alkyl halides is 1. The number of hydrogen-bond acceptors (Lipinski definition) is 2. The van der Waals surface area contributed by atoms with Crippen LogP contribution < -0.4 is 0 Å². The fourth-order valence-corrected chi connectivity index (χ4v) is 1.29. The molecular weight excluding hydrogens is 335 g/mol. The average molecular weight is 366 g/mol.